The topological polar surface area (TPSA) is 57.6 Å². The molecular formula is C10H13NO3. The van der Waals surface area contributed by atoms with Gasteiger partial charge in [-0.25, -0.2) is 4.79 Å². The number of hydrogen-bond acceptors (Lipinski definition) is 2. The molecule has 1 fully saturated rings. The number of β-lactam (4-membered cyclic amide) rings is 1. The van der Waals surface area contributed by atoms with E-state index in [9.17, 15) is 9.59 Å². The van der Waals surface area contributed by atoms with Gasteiger partial charge >= 0.3 is 5.97 Å². The van der Waals surface area contributed by atoms with Gasteiger partial charge in [0.1, 0.15) is 5.70 Å². The minimum Gasteiger partial charge on any atom is -0.477 e. The molecular weight excluding hydrogens is 182 g/mol. The number of carboxylic acid groups (broad SMARTS) is 1. The van der Waals surface area contributed by atoms with Gasteiger partial charge in [-0.2, -0.15) is 0 Å². The van der Waals surface area contributed by atoms with Crippen molar-refractivity contribution in [2.75, 3.05) is 0 Å². The fourth-order valence-corrected chi connectivity index (χ4v) is 2.21. The number of rotatable bonds is 2. The maximum Gasteiger partial charge on any atom is 0.352 e. The Balaban J connectivity index is 2.38. The highest BCUT2D eigenvalue weighted by molar-refractivity contribution is 5.98. The Bertz CT molecular complexity index is 343. The van der Waals surface area contributed by atoms with E-state index in [1.165, 1.54) is 4.90 Å². The predicted octanol–water partition coefficient (Wildman–Crippen LogP) is 0.986. The van der Waals surface area contributed by atoms with Gasteiger partial charge in [-0.1, -0.05) is 13.8 Å². The molecule has 1 unspecified atom stereocenters. The van der Waals surface area contributed by atoms with Crippen LogP contribution in [0.5, 0.6) is 0 Å². The molecule has 0 aromatic carbocycles. The van der Waals surface area contributed by atoms with Crippen LogP contribution in [0.3, 0.4) is 0 Å². The van der Waals surface area contributed by atoms with Gasteiger partial charge in [-0.15, -0.1) is 0 Å². The SMILES string of the molecule is CC(C)C1=C(C(=O)O)N2C(=O)CC2C1. The summed E-state index contributed by atoms with van der Waals surface area (Å²) in [6, 6.07) is 0.131. The van der Waals surface area contributed by atoms with Crippen LogP contribution in [0.15, 0.2) is 11.3 Å². The average molecular weight is 195 g/mol. The summed E-state index contributed by atoms with van der Waals surface area (Å²) < 4.78 is 0. The van der Waals surface area contributed by atoms with Crippen LogP contribution in [0, 0.1) is 5.92 Å². The third kappa shape index (κ3) is 1.06. The molecule has 2 aliphatic rings. The Labute approximate surface area is 82.2 Å². The summed E-state index contributed by atoms with van der Waals surface area (Å²) >= 11 is 0. The zero-order chi connectivity index (χ0) is 10.5. The van der Waals surface area contributed by atoms with Crippen LogP contribution in [-0.4, -0.2) is 27.9 Å². The number of nitrogens with zero attached hydrogens (tertiary/aromatic N) is 1. The van der Waals surface area contributed by atoms with Crippen LogP contribution < -0.4 is 0 Å². The number of aliphatic carboxylic acids is 1. The Morgan fingerprint density at radius 1 is 1.50 bits per heavy atom. The molecule has 14 heavy (non-hydrogen) atoms. The molecule has 0 aromatic heterocycles. The van der Waals surface area contributed by atoms with Crippen molar-refractivity contribution in [2.45, 2.75) is 32.7 Å². The highest BCUT2D eigenvalue weighted by atomic mass is 16.4. The van der Waals surface area contributed by atoms with Gasteiger partial charge in [0, 0.05) is 12.5 Å². The van der Waals surface area contributed by atoms with Crippen LogP contribution in [0.25, 0.3) is 0 Å². The summed E-state index contributed by atoms with van der Waals surface area (Å²) in [6.07, 6.45) is 1.25. The first kappa shape index (κ1) is 9.24. The monoisotopic (exact) mass is 195 g/mol. The summed E-state index contributed by atoms with van der Waals surface area (Å²) in [6.45, 7) is 3.93. The van der Waals surface area contributed by atoms with E-state index < -0.39 is 5.97 Å². The smallest absolute Gasteiger partial charge is 0.352 e. The minimum absolute atomic E-state index is 0.0527. The molecule has 76 valence electrons. The summed E-state index contributed by atoms with van der Waals surface area (Å²) in [5, 5.41) is 9.02. The Morgan fingerprint density at radius 3 is 2.57 bits per heavy atom. The van der Waals surface area contributed by atoms with E-state index in [1.54, 1.807) is 0 Å². The lowest BCUT2D eigenvalue weighted by atomic mass is 9.95. The van der Waals surface area contributed by atoms with Gasteiger partial charge in [0.15, 0.2) is 0 Å². The molecule has 0 radical (unpaired) electrons. The van der Waals surface area contributed by atoms with E-state index in [0.29, 0.717) is 6.42 Å². The zero-order valence-corrected chi connectivity index (χ0v) is 8.28. The fraction of sp³-hybridized carbons (Fsp3) is 0.600. The first-order valence-electron chi connectivity index (χ1n) is 4.80. The molecule has 1 amide bonds. The molecule has 0 aromatic rings. The number of hydrogen-bond donors (Lipinski definition) is 1. The van der Waals surface area contributed by atoms with E-state index in [2.05, 4.69) is 0 Å². The lowest BCUT2D eigenvalue weighted by Gasteiger charge is -2.35. The van der Waals surface area contributed by atoms with Crippen LogP contribution >= 0.6 is 0 Å². The molecule has 1 saturated heterocycles. The number of carbonyl (C=O) groups is 2. The Hall–Kier alpha value is -1.32. The summed E-state index contributed by atoms with van der Waals surface area (Å²) in [4.78, 5) is 23.7. The molecule has 2 rings (SSSR count). The molecule has 2 aliphatic heterocycles. The van der Waals surface area contributed by atoms with E-state index in [1.807, 2.05) is 13.8 Å². The zero-order valence-electron chi connectivity index (χ0n) is 8.28. The van der Waals surface area contributed by atoms with Gasteiger partial charge in [0.05, 0.1) is 0 Å². The van der Waals surface area contributed by atoms with E-state index >= 15 is 0 Å². The van der Waals surface area contributed by atoms with Crippen LogP contribution in [-0.2, 0) is 9.59 Å². The summed E-state index contributed by atoms with van der Waals surface area (Å²) in [5.41, 5.74) is 1.15. The molecule has 1 N–H and O–H groups in total. The number of carboxylic acids is 1. The highest BCUT2D eigenvalue weighted by Crippen LogP contribution is 2.40. The second-order valence-corrected chi connectivity index (χ2v) is 4.16. The maximum absolute atomic E-state index is 11.2. The number of carbonyl (C=O) groups excluding carboxylic acids is 1. The van der Waals surface area contributed by atoms with Crippen molar-refractivity contribution in [1.82, 2.24) is 4.90 Å². The van der Waals surface area contributed by atoms with Gasteiger partial charge in [-0.3, -0.25) is 4.79 Å². The third-order valence-corrected chi connectivity index (χ3v) is 2.94. The van der Waals surface area contributed by atoms with Gasteiger partial charge in [0.25, 0.3) is 0 Å². The molecule has 0 aliphatic carbocycles. The van der Waals surface area contributed by atoms with Crippen LogP contribution in [0.1, 0.15) is 26.7 Å². The van der Waals surface area contributed by atoms with Gasteiger partial charge in [-0.05, 0) is 17.9 Å². The second-order valence-electron chi connectivity index (χ2n) is 4.16. The fourth-order valence-electron chi connectivity index (χ4n) is 2.21. The second kappa shape index (κ2) is 2.83. The van der Waals surface area contributed by atoms with Gasteiger partial charge < -0.3 is 10.0 Å². The van der Waals surface area contributed by atoms with Crippen molar-refractivity contribution in [1.29, 1.82) is 0 Å². The lowest BCUT2D eigenvalue weighted by Crippen LogP contribution is -2.49. The lowest BCUT2D eigenvalue weighted by molar-refractivity contribution is -0.147. The van der Waals surface area contributed by atoms with Crippen molar-refractivity contribution in [2.24, 2.45) is 5.92 Å². The quantitative estimate of drug-likeness (QED) is 0.668. The predicted molar refractivity (Wildman–Crippen MR) is 49.4 cm³/mol. The molecule has 2 heterocycles. The molecule has 0 saturated carbocycles. The standard InChI is InChI=1S/C10H13NO3/c1-5(2)7-3-6-4-8(12)11(6)9(7)10(13)14/h5-6H,3-4H2,1-2H3,(H,13,14). The maximum atomic E-state index is 11.2. The van der Waals surface area contributed by atoms with Gasteiger partial charge in [0.2, 0.25) is 5.91 Å². The van der Waals surface area contributed by atoms with Crippen molar-refractivity contribution in [3.63, 3.8) is 0 Å². The normalized spacial score (nSPS) is 25.5. The molecule has 4 nitrogen and oxygen atoms in total. The minimum atomic E-state index is -0.968. The molecule has 0 bridgehead atoms. The van der Waals surface area contributed by atoms with E-state index in [4.69, 9.17) is 5.11 Å². The van der Waals surface area contributed by atoms with E-state index in [-0.39, 0.29) is 23.6 Å². The first-order chi connectivity index (χ1) is 6.52. The van der Waals surface area contributed by atoms with E-state index in [0.717, 1.165) is 12.0 Å². The average Bonchev–Trinajstić information content (AvgIpc) is 2.37. The molecule has 4 heteroatoms. The summed E-state index contributed by atoms with van der Waals surface area (Å²) in [5.74, 6) is -0.813. The number of fused-ring (bicyclic) bond motifs is 1. The largest absolute Gasteiger partial charge is 0.477 e. The molecule has 0 spiro atoms. The molecule has 1 atom stereocenters. The highest BCUT2D eigenvalue weighted by Gasteiger charge is 2.47. The number of amides is 1. The summed E-state index contributed by atoms with van der Waals surface area (Å²) in [7, 11) is 0. The first-order valence-corrected chi connectivity index (χ1v) is 4.80. The van der Waals surface area contributed by atoms with Crippen molar-refractivity contribution >= 4 is 11.9 Å². The van der Waals surface area contributed by atoms with Crippen LogP contribution in [0.2, 0.25) is 0 Å². The van der Waals surface area contributed by atoms with Crippen LogP contribution in [0.4, 0.5) is 0 Å². The van der Waals surface area contributed by atoms with Crippen molar-refractivity contribution in [3.05, 3.63) is 11.3 Å². The third-order valence-electron chi connectivity index (χ3n) is 2.94. The Kier molecular flexibility index (Phi) is 1.87. The Morgan fingerprint density at radius 2 is 2.14 bits per heavy atom. The van der Waals surface area contributed by atoms with Crippen molar-refractivity contribution in [3.8, 4) is 0 Å². The van der Waals surface area contributed by atoms with Crippen molar-refractivity contribution < 1.29 is 14.7 Å².